The molecule has 0 aromatic heterocycles. The number of benzene rings is 1. The second-order valence-corrected chi connectivity index (χ2v) is 27.7. The Kier molecular flexibility index (Phi) is 9.50. The Hall–Kier alpha value is -3.39. The highest BCUT2D eigenvalue weighted by Crippen LogP contribution is 2.78. The van der Waals surface area contributed by atoms with Gasteiger partial charge in [-0.2, -0.15) is 0 Å². The monoisotopic (exact) mass is 931 g/mol. The maximum Gasteiger partial charge on any atom is 0.317 e. The van der Waals surface area contributed by atoms with Gasteiger partial charge in [-0.1, -0.05) is 73.1 Å². The molecule has 10 aliphatic rings. The van der Waals surface area contributed by atoms with Gasteiger partial charge in [-0.25, -0.2) is 0 Å². The van der Waals surface area contributed by atoms with Crippen LogP contribution >= 0.6 is 0 Å². The van der Waals surface area contributed by atoms with E-state index in [4.69, 9.17) is 18.9 Å². The summed E-state index contributed by atoms with van der Waals surface area (Å²) in [5.41, 5.74) is 3.92. The molecule has 8 heteroatoms. The molecule has 6 fully saturated rings. The lowest BCUT2D eigenvalue weighted by molar-refractivity contribution is -0.231. The summed E-state index contributed by atoms with van der Waals surface area (Å²) in [6, 6.07) is 2.16. The molecule has 370 valence electrons. The van der Waals surface area contributed by atoms with E-state index in [1.807, 2.05) is 6.92 Å². The standard InChI is InChI=1S/C60H82O8/c1-35-36-15-17-41-53(6,25-29-57(10)43-33-51(4,47(62)65-13)21-19-49(43,2)23-27-55(41,57)8)38(36)31-40-46(35)68-59(12)37-16-18-42-54(7,39(37)32-45(61)60(59,64)67-40)26-30-58(11)44-34-52(5,48(63)66-14)22-20-50(44,3)24-28-56(42,58)9/h16,18,31-32,41,43-44,64H,15,17,19-30,33-34H2,1-14H3. The Labute approximate surface area is 407 Å². The molecule has 1 aromatic carbocycles. The topological polar surface area (TPSA) is 108 Å². The Morgan fingerprint density at radius 3 is 1.81 bits per heavy atom. The van der Waals surface area contributed by atoms with Gasteiger partial charge < -0.3 is 24.1 Å². The van der Waals surface area contributed by atoms with Crippen LogP contribution in [0.15, 0.2) is 41.0 Å². The fourth-order valence-corrected chi connectivity index (χ4v) is 19.8. The molecule has 0 saturated heterocycles. The van der Waals surface area contributed by atoms with Crippen molar-refractivity contribution in [1.29, 1.82) is 0 Å². The van der Waals surface area contributed by atoms with Crippen LogP contribution in [-0.2, 0) is 35.7 Å². The third-order valence-electron chi connectivity index (χ3n) is 24.9. The highest BCUT2D eigenvalue weighted by Gasteiger charge is 2.73. The number of ketones is 1. The molecule has 11 rings (SSSR count). The number of hydrogen-bond acceptors (Lipinski definition) is 8. The van der Waals surface area contributed by atoms with E-state index in [1.54, 1.807) is 13.2 Å². The van der Waals surface area contributed by atoms with Crippen molar-refractivity contribution in [2.24, 2.45) is 66.5 Å². The Bertz CT molecular complexity index is 2570. The molecule has 15 atom stereocenters. The first kappa shape index (κ1) is 47.0. The first-order chi connectivity index (χ1) is 31.6. The number of fused-ring (bicyclic) bond motifs is 17. The third kappa shape index (κ3) is 5.31. The van der Waals surface area contributed by atoms with Crippen LogP contribution in [0.5, 0.6) is 11.5 Å². The molecule has 9 aliphatic carbocycles. The van der Waals surface area contributed by atoms with Crippen LogP contribution < -0.4 is 9.47 Å². The largest absolute Gasteiger partial charge is 0.471 e. The maximum atomic E-state index is 15.0. The van der Waals surface area contributed by atoms with Crippen molar-refractivity contribution in [1.82, 2.24) is 0 Å². The van der Waals surface area contributed by atoms with Gasteiger partial charge in [-0.05, 0) is 220 Å². The van der Waals surface area contributed by atoms with Crippen LogP contribution in [0.4, 0.5) is 0 Å². The second-order valence-electron chi connectivity index (χ2n) is 27.7. The molecule has 1 heterocycles. The van der Waals surface area contributed by atoms with Crippen LogP contribution in [0.3, 0.4) is 0 Å². The summed E-state index contributed by atoms with van der Waals surface area (Å²) in [5.74, 6) is -0.606. The molecule has 0 amide bonds. The van der Waals surface area contributed by atoms with Gasteiger partial charge in [0.05, 0.1) is 25.0 Å². The van der Waals surface area contributed by atoms with Gasteiger partial charge in [0.2, 0.25) is 11.4 Å². The Morgan fingerprint density at radius 1 is 0.647 bits per heavy atom. The predicted molar refractivity (Wildman–Crippen MR) is 263 cm³/mol. The fourth-order valence-electron chi connectivity index (χ4n) is 19.8. The van der Waals surface area contributed by atoms with Crippen molar-refractivity contribution < 1.29 is 38.4 Å². The number of esters is 2. The van der Waals surface area contributed by atoms with E-state index in [9.17, 15) is 19.5 Å². The molecular formula is C60H82O8. The summed E-state index contributed by atoms with van der Waals surface area (Å²) >= 11 is 0. The van der Waals surface area contributed by atoms with Crippen LogP contribution in [0, 0.1) is 73.4 Å². The van der Waals surface area contributed by atoms with Gasteiger partial charge >= 0.3 is 17.7 Å². The minimum absolute atomic E-state index is 0.0512. The van der Waals surface area contributed by atoms with E-state index in [0.29, 0.717) is 29.3 Å². The summed E-state index contributed by atoms with van der Waals surface area (Å²) in [6.45, 7) is 28.2. The van der Waals surface area contributed by atoms with Crippen LogP contribution in [0.25, 0.3) is 0 Å². The van der Waals surface area contributed by atoms with E-state index in [2.05, 4.69) is 94.4 Å². The van der Waals surface area contributed by atoms with Crippen molar-refractivity contribution in [3.05, 3.63) is 57.7 Å². The van der Waals surface area contributed by atoms with E-state index in [0.717, 1.165) is 107 Å². The fraction of sp³-hybridized carbons (Fsp3) is 0.750. The SMILES string of the molecule is COC(=O)C1(C)CCC2(C)CCC3(C)C4=CC=C5C(=CC(=O)C6(O)Oc7cc8c(c(C)c7OC56C)CCC5C8(C)CCC6(C)C7CC(C)(C(=O)OC)CCC7(C)CCC56C)C4(C)CCC3(C)C2C1. The number of methoxy groups -OCH3 is 2. The molecule has 1 aliphatic heterocycles. The van der Waals surface area contributed by atoms with E-state index in [1.165, 1.54) is 36.7 Å². The van der Waals surface area contributed by atoms with E-state index < -0.39 is 33.4 Å². The number of allylic oxidation sites excluding steroid dienone is 3. The predicted octanol–water partition coefficient (Wildman–Crippen LogP) is 12.6. The van der Waals surface area contributed by atoms with Gasteiger partial charge in [-0.3, -0.25) is 14.4 Å². The van der Waals surface area contributed by atoms with Crippen molar-refractivity contribution in [2.75, 3.05) is 14.2 Å². The molecule has 15 unspecified atom stereocenters. The molecule has 68 heavy (non-hydrogen) atoms. The lowest BCUT2D eigenvalue weighted by Crippen LogP contribution is -2.70. The first-order valence-corrected chi connectivity index (χ1v) is 26.7. The minimum Gasteiger partial charge on any atom is -0.471 e. The molecule has 0 spiro atoms. The molecule has 1 N–H and O–H groups in total. The average Bonchev–Trinajstić information content (AvgIpc) is 3.29. The molecule has 0 bridgehead atoms. The van der Waals surface area contributed by atoms with Crippen LogP contribution in [0.2, 0.25) is 0 Å². The maximum absolute atomic E-state index is 15.0. The lowest BCUT2D eigenvalue weighted by atomic mass is 9.32. The second kappa shape index (κ2) is 13.8. The van der Waals surface area contributed by atoms with Crippen molar-refractivity contribution in [3.63, 3.8) is 0 Å². The molecule has 0 radical (unpaired) electrons. The zero-order valence-electron chi connectivity index (χ0n) is 44.2. The molecule has 1 aromatic rings. The Morgan fingerprint density at radius 2 is 1.19 bits per heavy atom. The number of carbonyl (C=O) groups is 3. The average molecular weight is 931 g/mol. The van der Waals surface area contributed by atoms with Gasteiger partial charge in [0.1, 0.15) is 0 Å². The van der Waals surface area contributed by atoms with E-state index in [-0.39, 0.29) is 49.8 Å². The zero-order chi connectivity index (χ0) is 49.1. The molecular weight excluding hydrogens is 849 g/mol. The number of aliphatic hydroxyl groups is 1. The van der Waals surface area contributed by atoms with Crippen molar-refractivity contribution in [3.8, 4) is 11.5 Å². The zero-order valence-corrected chi connectivity index (χ0v) is 44.2. The normalized spacial score (nSPS) is 50.5. The van der Waals surface area contributed by atoms with Crippen molar-refractivity contribution >= 4 is 17.7 Å². The summed E-state index contributed by atoms with van der Waals surface area (Å²) in [5, 5.41) is 12.9. The quantitative estimate of drug-likeness (QED) is 0.292. The first-order valence-electron chi connectivity index (χ1n) is 26.7. The lowest BCUT2D eigenvalue weighted by Gasteiger charge is -2.72. The summed E-state index contributed by atoms with van der Waals surface area (Å²) in [7, 11) is 3.07. The third-order valence-corrected chi connectivity index (χ3v) is 24.9. The van der Waals surface area contributed by atoms with Crippen LogP contribution in [-0.4, -0.2) is 48.4 Å². The summed E-state index contributed by atoms with van der Waals surface area (Å²) in [6.07, 6.45) is 22.1. The highest BCUT2D eigenvalue weighted by atomic mass is 16.7. The van der Waals surface area contributed by atoms with Gasteiger partial charge in [0, 0.05) is 11.0 Å². The summed E-state index contributed by atoms with van der Waals surface area (Å²) < 4.78 is 25.0. The smallest absolute Gasteiger partial charge is 0.317 e. The number of hydrogen-bond donors (Lipinski definition) is 1. The molecule has 8 nitrogen and oxygen atoms in total. The van der Waals surface area contributed by atoms with Gasteiger partial charge in [0.15, 0.2) is 11.5 Å². The Balaban J connectivity index is 0.948. The molecule has 6 saturated carbocycles. The number of ether oxygens (including phenoxy) is 4. The van der Waals surface area contributed by atoms with E-state index >= 15 is 0 Å². The summed E-state index contributed by atoms with van der Waals surface area (Å²) in [4.78, 5) is 41.6. The van der Waals surface area contributed by atoms with Crippen LogP contribution in [0.1, 0.15) is 189 Å². The van der Waals surface area contributed by atoms with Gasteiger partial charge in [-0.15, -0.1) is 0 Å². The number of carbonyl (C=O) groups excluding carboxylic acids is 3. The van der Waals surface area contributed by atoms with Gasteiger partial charge in [0.25, 0.3) is 0 Å². The minimum atomic E-state index is -2.26. The highest BCUT2D eigenvalue weighted by molar-refractivity contribution is 6.02. The van der Waals surface area contributed by atoms with Crippen molar-refractivity contribution in [2.45, 2.75) is 203 Å². The number of rotatable bonds is 2.